The van der Waals surface area contributed by atoms with Crippen molar-refractivity contribution in [3.05, 3.63) is 11.8 Å². The molecule has 1 saturated heterocycles. The zero-order valence-electron chi connectivity index (χ0n) is 5.98. The van der Waals surface area contributed by atoms with Crippen LogP contribution in [0.2, 0.25) is 0 Å². The van der Waals surface area contributed by atoms with Gasteiger partial charge in [-0.25, -0.2) is 0 Å². The molecule has 0 bridgehead atoms. The lowest BCUT2D eigenvalue weighted by molar-refractivity contribution is -0.119. The molecule has 0 spiro atoms. The third-order valence-corrected chi connectivity index (χ3v) is 1.91. The van der Waals surface area contributed by atoms with Crippen LogP contribution >= 0.6 is 0 Å². The summed E-state index contributed by atoms with van der Waals surface area (Å²) in [6, 6.07) is 0. The zero-order chi connectivity index (χ0) is 8.01. The molecule has 0 aromatic heterocycles. The topological polar surface area (TPSA) is 59.1 Å². The van der Waals surface area contributed by atoms with E-state index in [4.69, 9.17) is 9.47 Å². The van der Waals surface area contributed by atoms with Crippen LogP contribution in [0.4, 0.5) is 0 Å². The maximum Gasteiger partial charge on any atom is 0.228 e. The molecule has 1 aliphatic carbocycles. The molecule has 0 amide bonds. The number of ketones is 1. The Balaban J connectivity index is 2.25. The number of hydrogen-bond acceptors (Lipinski definition) is 4. The second-order valence-corrected chi connectivity index (χ2v) is 2.61. The molecule has 0 aromatic carbocycles. The van der Waals surface area contributed by atoms with E-state index in [-0.39, 0.29) is 17.6 Å². The van der Waals surface area contributed by atoms with Gasteiger partial charge >= 0.3 is 0 Å². The second kappa shape index (κ2) is 2.06. The lowest BCUT2D eigenvalue weighted by Crippen LogP contribution is -2.27. The number of methoxy groups -OCH3 is 1. The number of carbonyl (C=O) groups is 1. The second-order valence-electron chi connectivity index (χ2n) is 2.61. The molecule has 1 fully saturated rings. The molecule has 0 saturated carbocycles. The maximum atomic E-state index is 11.1. The largest absolute Gasteiger partial charge is 0.493 e. The Labute approximate surface area is 63.4 Å². The summed E-state index contributed by atoms with van der Waals surface area (Å²) in [5, 5.41) is 9.21. The summed E-state index contributed by atoms with van der Waals surface area (Å²) < 4.78 is 9.65. The summed E-state index contributed by atoms with van der Waals surface area (Å²) in [6.07, 6.45) is -0.0738. The number of epoxide rings is 1. The third kappa shape index (κ3) is 0.868. The van der Waals surface area contributed by atoms with Gasteiger partial charge in [-0.1, -0.05) is 0 Å². The van der Waals surface area contributed by atoms with Gasteiger partial charge in [0, 0.05) is 0 Å². The zero-order valence-corrected chi connectivity index (χ0v) is 5.98. The van der Waals surface area contributed by atoms with Gasteiger partial charge in [0.15, 0.2) is 11.9 Å². The van der Waals surface area contributed by atoms with Crippen molar-refractivity contribution >= 4 is 5.78 Å². The molecule has 0 aromatic rings. The molecule has 1 aliphatic heterocycles. The molecule has 4 heteroatoms. The quantitative estimate of drug-likeness (QED) is 0.506. The molecule has 1 heterocycles. The van der Waals surface area contributed by atoms with Crippen molar-refractivity contribution in [2.75, 3.05) is 7.11 Å². The van der Waals surface area contributed by atoms with Gasteiger partial charge in [-0.3, -0.25) is 4.79 Å². The molecule has 60 valence electrons. The number of fused-ring (bicyclic) bond motifs is 1. The lowest BCUT2D eigenvalue weighted by Gasteiger charge is -2.10. The Morgan fingerprint density at radius 3 is 3.09 bits per heavy atom. The first-order valence-electron chi connectivity index (χ1n) is 3.37. The minimum absolute atomic E-state index is 0.164. The van der Waals surface area contributed by atoms with Crippen LogP contribution in [0, 0.1) is 0 Å². The van der Waals surface area contributed by atoms with Crippen molar-refractivity contribution in [3.63, 3.8) is 0 Å². The van der Waals surface area contributed by atoms with E-state index in [2.05, 4.69) is 0 Å². The van der Waals surface area contributed by atoms with Crippen LogP contribution in [0.3, 0.4) is 0 Å². The van der Waals surface area contributed by atoms with E-state index in [1.165, 1.54) is 13.2 Å². The predicted molar refractivity (Wildman–Crippen MR) is 34.8 cm³/mol. The summed E-state index contributed by atoms with van der Waals surface area (Å²) in [4.78, 5) is 11.1. The van der Waals surface area contributed by atoms with E-state index < -0.39 is 12.2 Å². The van der Waals surface area contributed by atoms with Gasteiger partial charge in [0.05, 0.1) is 7.11 Å². The van der Waals surface area contributed by atoms with Crippen LogP contribution in [0.1, 0.15) is 0 Å². The molecule has 1 N–H and O–H groups in total. The summed E-state index contributed by atoms with van der Waals surface area (Å²) in [6.45, 7) is 0. The third-order valence-electron chi connectivity index (χ3n) is 1.91. The van der Waals surface area contributed by atoms with Crippen LogP contribution in [-0.4, -0.2) is 36.3 Å². The van der Waals surface area contributed by atoms with Crippen LogP contribution in [-0.2, 0) is 14.3 Å². The first-order valence-corrected chi connectivity index (χ1v) is 3.37. The van der Waals surface area contributed by atoms with Crippen molar-refractivity contribution in [2.24, 2.45) is 0 Å². The predicted octanol–water partition coefficient (Wildman–Crippen LogP) is -0.772. The number of aliphatic hydroxyl groups excluding tert-OH is 1. The van der Waals surface area contributed by atoms with Crippen LogP contribution in [0.5, 0.6) is 0 Å². The van der Waals surface area contributed by atoms with E-state index in [1.54, 1.807) is 0 Å². The molecule has 2 aliphatic rings. The van der Waals surface area contributed by atoms with Crippen LogP contribution in [0.25, 0.3) is 0 Å². The summed E-state index contributed by atoms with van der Waals surface area (Å²) >= 11 is 0. The van der Waals surface area contributed by atoms with Gasteiger partial charge in [0.1, 0.15) is 12.2 Å². The first-order chi connectivity index (χ1) is 5.24. The normalized spacial score (nSPS) is 41.1. The number of Topliss-reactive ketones (excluding diaryl/α,β-unsaturated/α-hetero) is 1. The van der Waals surface area contributed by atoms with Gasteiger partial charge in [0.25, 0.3) is 0 Å². The molecule has 2 rings (SSSR count). The van der Waals surface area contributed by atoms with Crippen molar-refractivity contribution in [3.8, 4) is 0 Å². The first kappa shape index (κ1) is 6.82. The van der Waals surface area contributed by atoms with Gasteiger partial charge in [-0.2, -0.15) is 0 Å². The molecular formula is C7H8O4. The fourth-order valence-corrected chi connectivity index (χ4v) is 1.24. The fourth-order valence-electron chi connectivity index (χ4n) is 1.24. The number of aliphatic hydroxyl groups is 1. The molecule has 0 unspecified atom stereocenters. The number of hydrogen-bond donors (Lipinski definition) is 1. The molecular weight excluding hydrogens is 148 g/mol. The van der Waals surface area contributed by atoms with Crippen molar-refractivity contribution in [1.82, 2.24) is 0 Å². The maximum absolute atomic E-state index is 11.1. The monoisotopic (exact) mass is 156 g/mol. The smallest absolute Gasteiger partial charge is 0.228 e. The Hall–Kier alpha value is -0.870. The standard InChI is InChI=1S/C7H8O4/c1-10-4-2-3(8)6-7(11-6)5(4)9/h2-3,6-8H,1H3/t3-,6+,7-/m0/s1. The minimum Gasteiger partial charge on any atom is -0.493 e. The molecule has 0 radical (unpaired) electrons. The summed E-state index contributed by atoms with van der Waals surface area (Å²) in [5.74, 6) is 0.0408. The molecule has 4 nitrogen and oxygen atoms in total. The van der Waals surface area contributed by atoms with Crippen molar-refractivity contribution < 1.29 is 19.4 Å². The van der Waals surface area contributed by atoms with E-state index in [0.717, 1.165) is 0 Å². The van der Waals surface area contributed by atoms with Crippen LogP contribution < -0.4 is 0 Å². The SMILES string of the molecule is COC1=C[C@H](O)[C@H]2O[C@H]2C1=O. The highest BCUT2D eigenvalue weighted by molar-refractivity contribution is 6.00. The van der Waals surface area contributed by atoms with Gasteiger partial charge in [-0.05, 0) is 6.08 Å². The summed E-state index contributed by atoms with van der Waals surface area (Å²) in [5.41, 5.74) is 0. The van der Waals surface area contributed by atoms with Gasteiger partial charge in [-0.15, -0.1) is 0 Å². The van der Waals surface area contributed by atoms with E-state index >= 15 is 0 Å². The van der Waals surface area contributed by atoms with E-state index in [0.29, 0.717) is 0 Å². The van der Waals surface area contributed by atoms with Gasteiger partial charge in [0.2, 0.25) is 5.78 Å². The number of ether oxygens (including phenoxy) is 2. The highest BCUT2D eigenvalue weighted by Gasteiger charge is 2.53. The van der Waals surface area contributed by atoms with Gasteiger partial charge < -0.3 is 14.6 Å². The fraction of sp³-hybridized carbons (Fsp3) is 0.571. The Morgan fingerprint density at radius 2 is 2.45 bits per heavy atom. The van der Waals surface area contributed by atoms with E-state index in [9.17, 15) is 9.90 Å². The number of rotatable bonds is 1. The Morgan fingerprint density at radius 1 is 1.73 bits per heavy atom. The van der Waals surface area contributed by atoms with Crippen LogP contribution in [0.15, 0.2) is 11.8 Å². The average Bonchev–Trinajstić information content (AvgIpc) is 2.75. The number of carbonyl (C=O) groups excluding carboxylic acids is 1. The highest BCUT2D eigenvalue weighted by Crippen LogP contribution is 2.33. The average molecular weight is 156 g/mol. The minimum atomic E-state index is -0.687. The van der Waals surface area contributed by atoms with Crippen molar-refractivity contribution in [2.45, 2.75) is 18.3 Å². The van der Waals surface area contributed by atoms with E-state index in [1.807, 2.05) is 0 Å². The Kier molecular flexibility index (Phi) is 1.27. The highest BCUT2D eigenvalue weighted by atomic mass is 16.6. The summed E-state index contributed by atoms with van der Waals surface area (Å²) in [7, 11) is 1.40. The molecule has 3 atom stereocenters. The molecule has 11 heavy (non-hydrogen) atoms. The van der Waals surface area contributed by atoms with Crippen molar-refractivity contribution in [1.29, 1.82) is 0 Å². The lowest BCUT2D eigenvalue weighted by atomic mass is 10.0. The Bertz CT molecular complexity index is 233.